The number of nitrogens with zero attached hydrogens (tertiary/aromatic N) is 1. The van der Waals surface area contributed by atoms with Crippen LogP contribution in [0, 0.1) is 0 Å². The average molecular weight is 327 g/mol. The molecule has 3 aromatic carbocycles. The number of aromatic nitrogens is 1. The minimum atomic E-state index is 0.616. The quantitative estimate of drug-likeness (QED) is 0.483. The summed E-state index contributed by atoms with van der Waals surface area (Å²) in [6, 6.07) is 27.8. The normalized spacial score (nSPS) is 10.6. The number of rotatable bonds is 4. The molecule has 0 saturated heterocycles. The largest absolute Gasteiger partial charge is 0.497 e. The molecule has 0 bridgehead atoms. The molecule has 0 saturated carbocycles. The highest BCUT2D eigenvalue weighted by atomic mass is 16.5. The van der Waals surface area contributed by atoms with E-state index in [2.05, 4.69) is 0 Å². The van der Waals surface area contributed by atoms with Gasteiger partial charge in [0.1, 0.15) is 11.4 Å². The molecule has 0 atom stereocenters. The highest BCUT2D eigenvalue weighted by Crippen LogP contribution is 2.36. The summed E-state index contributed by atoms with van der Waals surface area (Å²) >= 11 is 0. The SMILES string of the molecule is COc1ccc(-c2nc(-c3ccccc3)oc2-c2ccccc2)cc1. The molecule has 1 heterocycles. The Labute approximate surface area is 146 Å². The molecule has 4 aromatic rings. The number of ether oxygens (including phenoxy) is 1. The van der Waals surface area contributed by atoms with Gasteiger partial charge >= 0.3 is 0 Å². The molecule has 122 valence electrons. The van der Waals surface area contributed by atoms with Crippen LogP contribution < -0.4 is 4.74 Å². The van der Waals surface area contributed by atoms with E-state index in [1.165, 1.54) is 0 Å². The van der Waals surface area contributed by atoms with E-state index in [0.717, 1.165) is 33.9 Å². The molecule has 0 unspecified atom stereocenters. The van der Waals surface area contributed by atoms with Gasteiger partial charge in [0.2, 0.25) is 5.89 Å². The first-order valence-corrected chi connectivity index (χ1v) is 8.11. The number of methoxy groups -OCH3 is 1. The fourth-order valence-electron chi connectivity index (χ4n) is 2.75. The van der Waals surface area contributed by atoms with Crippen LogP contribution in [0.4, 0.5) is 0 Å². The summed E-state index contributed by atoms with van der Waals surface area (Å²) < 4.78 is 11.4. The van der Waals surface area contributed by atoms with Gasteiger partial charge in [-0.3, -0.25) is 0 Å². The summed E-state index contributed by atoms with van der Waals surface area (Å²) in [6.07, 6.45) is 0. The van der Waals surface area contributed by atoms with Gasteiger partial charge in [0.05, 0.1) is 7.11 Å². The van der Waals surface area contributed by atoms with Gasteiger partial charge in [-0.1, -0.05) is 48.5 Å². The second kappa shape index (κ2) is 6.65. The van der Waals surface area contributed by atoms with Crippen LogP contribution in [-0.2, 0) is 0 Å². The Bertz CT molecular complexity index is 958. The third kappa shape index (κ3) is 3.04. The van der Waals surface area contributed by atoms with Crippen molar-refractivity contribution in [2.45, 2.75) is 0 Å². The van der Waals surface area contributed by atoms with Crippen molar-refractivity contribution in [3.05, 3.63) is 84.9 Å². The summed E-state index contributed by atoms with van der Waals surface area (Å²) in [5, 5.41) is 0. The fourth-order valence-corrected chi connectivity index (χ4v) is 2.75. The van der Waals surface area contributed by atoms with Crippen molar-refractivity contribution in [3.63, 3.8) is 0 Å². The molecule has 0 aliphatic rings. The van der Waals surface area contributed by atoms with E-state index in [1.807, 2.05) is 84.9 Å². The Balaban J connectivity index is 1.87. The lowest BCUT2D eigenvalue weighted by atomic mass is 10.1. The lowest BCUT2D eigenvalue weighted by molar-refractivity contribution is 0.415. The standard InChI is InChI=1S/C22H17NO2/c1-24-19-14-12-16(13-15-19)20-21(17-8-4-2-5-9-17)25-22(23-20)18-10-6-3-7-11-18/h2-15H,1H3. The molecule has 4 rings (SSSR count). The Morgan fingerprint density at radius 2 is 1.28 bits per heavy atom. The molecule has 0 aliphatic heterocycles. The lowest BCUT2D eigenvalue weighted by Crippen LogP contribution is -1.85. The molecular weight excluding hydrogens is 310 g/mol. The minimum absolute atomic E-state index is 0.616. The zero-order valence-electron chi connectivity index (χ0n) is 13.8. The van der Waals surface area contributed by atoms with Crippen LogP contribution in [0.2, 0.25) is 0 Å². The molecule has 0 spiro atoms. The average Bonchev–Trinajstić information content (AvgIpc) is 3.15. The van der Waals surface area contributed by atoms with Gasteiger partial charge in [-0.25, -0.2) is 4.98 Å². The van der Waals surface area contributed by atoms with Crippen molar-refractivity contribution in [3.8, 4) is 39.8 Å². The number of hydrogen-bond acceptors (Lipinski definition) is 3. The predicted molar refractivity (Wildman–Crippen MR) is 99.4 cm³/mol. The van der Waals surface area contributed by atoms with Crippen LogP contribution in [-0.4, -0.2) is 12.1 Å². The molecule has 0 fully saturated rings. The molecule has 3 heteroatoms. The Kier molecular flexibility index (Phi) is 4.05. The molecule has 3 nitrogen and oxygen atoms in total. The van der Waals surface area contributed by atoms with E-state index < -0.39 is 0 Å². The first-order valence-electron chi connectivity index (χ1n) is 8.11. The fraction of sp³-hybridized carbons (Fsp3) is 0.0455. The van der Waals surface area contributed by atoms with E-state index >= 15 is 0 Å². The summed E-state index contributed by atoms with van der Waals surface area (Å²) in [7, 11) is 1.66. The van der Waals surface area contributed by atoms with Gasteiger partial charge in [-0.15, -0.1) is 0 Å². The minimum Gasteiger partial charge on any atom is -0.497 e. The number of hydrogen-bond donors (Lipinski definition) is 0. The number of oxazole rings is 1. The first-order chi connectivity index (χ1) is 12.3. The summed E-state index contributed by atoms with van der Waals surface area (Å²) in [6.45, 7) is 0. The van der Waals surface area contributed by atoms with Crippen molar-refractivity contribution >= 4 is 0 Å². The van der Waals surface area contributed by atoms with E-state index in [1.54, 1.807) is 7.11 Å². The Hall–Kier alpha value is -3.33. The second-order valence-corrected chi connectivity index (χ2v) is 5.66. The van der Waals surface area contributed by atoms with E-state index in [-0.39, 0.29) is 0 Å². The highest BCUT2D eigenvalue weighted by molar-refractivity contribution is 5.79. The van der Waals surface area contributed by atoms with E-state index in [4.69, 9.17) is 14.1 Å². The third-order valence-electron chi connectivity index (χ3n) is 4.05. The molecule has 0 N–H and O–H groups in total. The Morgan fingerprint density at radius 3 is 1.88 bits per heavy atom. The van der Waals surface area contributed by atoms with Crippen LogP contribution in [0.5, 0.6) is 5.75 Å². The van der Waals surface area contributed by atoms with Gasteiger partial charge < -0.3 is 9.15 Å². The highest BCUT2D eigenvalue weighted by Gasteiger charge is 2.17. The van der Waals surface area contributed by atoms with Crippen LogP contribution >= 0.6 is 0 Å². The maximum atomic E-state index is 6.16. The third-order valence-corrected chi connectivity index (χ3v) is 4.05. The van der Waals surface area contributed by atoms with E-state index in [0.29, 0.717) is 5.89 Å². The van der Waals surface area contributed by atoms with Crippen LogP contribution in [0.3, 0.4) is 0 Å². The van der Waals surface area contributed by atoms with Gasteiger partial charge in [0.15, 0.2) is 5.76 Å². The first kappa shape index (κ1) is 15.2. The molecule has 0 amide bonds. The maximum absolute atomic E-state index is 6.16. The number of benzene rings is 3. The lowest BCUT2D eigenvalue weighted by Gasteiger charge is -2.03. The summed E-state index contributed by atoms with van der Waals surface area (Å²) in [5.41, 5.74) is 3.78. The topological polar surface area (TPSA) is 35.3 Å². The second-order valence-electron chi connectivity index (χ2n) is 5.66. The van der Waals surface area contributed by atoms with Crippen LogP contribution in [0.1, 0.15) is 0 Å². The maximum Gasteiger partial charge on any atom is 0.227 e. The van der Waals surface area contributed by atoms with Crippen molar-refractivity contribution in [2.75, 3.05) is 7.11 Å². The van der Waals surface area contributed by atoms with Gasteiger partial charge in [-0.05, 0) is 36.4 Å². The molecule has 1 aromatic heterocycles. The van der Waals surface area contributed by atoms with Gasteiger partial charge in [0.25, 0.3) is 0 Å². The van der Waals surface area contributed by atoms with Crippen molar-refractivity contribution < 1.29 is 9.15 Å². The molecule has 0 radical (unpaired) electrons. The summed E-state index contributed by atoms with van der Waals surface area (Å²) in [4.78, 5) is 4.78. The van der Waals surface area contributed by atoms with Crippen molar-refractivity contribution in [1.82, 2.24) is 4.98 Å². The summed E-state index contributed by atoms with van der Waals surface area (Å²) in [5.74, 6) is 2.20. The molecule has 25 heavy (non-hydrogen) atoms. The molecular formula is C22H17NO2. The monoisotopic (exact) mass is 327 g/mol. The van der Waals surface area contributed by atoms with Gasteiger partial charge in [-0.2, -0.15) is 0 Å². The van der Waals surface area contributed by atoms with Crippen LogP contribution in [0.25, 0.3) is 34.0 Å². The van der Waals surface area contributed by atoms with Crippen molar-refractivity contribution in [2.24, 2.45) is 0 Å². The Morgan fingerprint density at radius 1 is 0.680 bits per heavy atom. The van der Waals surface area contributed by atoms with Crippen LogP contribution in [0.15, 0.2) is 89.3 Å². The smallest absolute Gasteiger partial charge is 0.227 e. The van der Waals surface area contributed by atoms with E-state index in [9.17, 15) is 0 Å². The predicted octanol–water partition coefficient (Wildman–Crippen LogP) is 5.68. The zero-order chi connectivity index (χ0) is 17.1. The molecule has 0 aliphatic carbocycles. The zero-order valence-corrected chi connectivity index (χ0v) is 13.8. The van der Waals surface area contributed by atoms with Crippen molar-refractivity contribution in [1.29, 1.82) is 0 Å². The van der Waals surface area contributed by atoms with Gasteiger partial charge in [0, 0.05) is 16.7 Å².